The van der Waals surface area contributed by atoms with Gasteiger partial charge in [0, 0.05) is 0 Å². The number of ether oxygens (including phenoxy) is 1. The van der Waals surface area contributed by atoms with Gasteiger partial charge in [-0.2, -0.15) is 0 Å². The standard InChI is InChI=1S/C14H20OSi/c1-2-4-12(5-3-1)16-9-8-11-6-7-13-14(10-11)15-13/h1-5,11,13-14H,6-10,16H2. The van der Waals surface area contributed by atoms with Crippen LogP contribution in [0.15, 0.2) is 30.3 Å². The minimum absolute atomic E-state index is 0.000538. The van der Waals surface area contributed by atoms with Crippen molar-refractivity contribution in [2.24, 2.45) is 5.92 Å². The van der Waals surface area contributed by atoms with Gasteiger partial charge in [0.2, 0.25) is 0 Å². The summed E-state index contributed by atoms with van der Waals surface area (Å²) in [6.45, 7) is 0. The molecular formula is C14H20OSi. The van der Waals surface area contributed by atoms with Gasteiger partial charge in [-0.25, -0.2) is 0 Å². The largest absolute Gasteiger partial charge is 0.370 e. The lowest BCUT2D eigenvalue weighted by Crippen LogP contribution is -2.17. The second-order valence-electron chi connectivity index (χ2n) is 5.27. The van der Waals surface area contributed by atoms with Gasteiger partial charge in [0.1, 0.15) is 0 Å². The fraction of sp³-hybridized carbons (Fsp3) is 0.571. The van der Waals surface area contributed by atoms with Gasteiger partial charge >= 0.3 is 0 Å². The number of benzene rings is 1. The topological polar surface area (TPSA) is 12.5 Å². The molecule has 0 radical (unpaired) electrons. The highest BCUT2D eigenvalue weighted by Crippen LogP contribution is 2.40. The first kappa shape index (κ1) is 10.5. The normalized spacial score (nSPS) is 32.9. The summed E-state index contributed by atoms with van der Waals surface area (Å²) >= 11 is 0. The SMILES string of the molecule is c1ccc([SiH2]CCC2CCC3OC3C2)cc1. The molecule has 3 unspecified atom stereocenters. The van der Waals surface area contributed by atoms with Gasteiger partial charge in [0.15, 0.2) is 0 Å². The van der Waals surface area contributed by atoms with E-state index in [1.54, 1.807) is 5.19 Å². The average molecular weight is 232 g/mol. The van der Waals surface area contributed by atoms with E-state index in [2.05, 4.69) is 30.3 Å². The summed E-state index contributed by atoms with van der Waals surface area (Å²) in [7, 11) is -0.000538. The molecule has 0 bridgehead atoms. The Balaban J connectivity index is 1.40. The molecule has 1 aromatic rings. The van der Waals surface area contributed by atoms with E-state index in [1.807, 2.05) is 0 Å². The van der Waals surface area contributed by atoms with Gasteiger partial charge in [-0.15, -0.1) is 0 Å². The summed E-state index contributed by atoms with van der Waals surface area (Å²) in [5.41, 5.74) is 0. The van der Waals surface area contributed by atoms with E-state index in [1.165, 1.54) is 31.7 Å². The third-order valence-corrected chi connectivity index (χ3v) is 5.84. The van der Waals surface area contributed by atoms with Gasteiger partial charge < -0.3 is 4.74 Å². The molecule has 2 aliphatic rings. The zero-order valence-corrected chi connectivity index (χ0v) is 11.2. The molecule has 16 heavy (non-hydrogen) atoms. The zero-order chi connectivity index (χ0) is 10.8. The quantitative estimate of drug-likeness (QED) is 0.570. The number of epoxide rings is 1. The van der Waals surface area contributed by atoms with Crippen molar-refractivity contribution in [3.8, 4) is 0 Å². The summed E-state index contributed by atoms with van der Waals surface area (Å²) in [5, 5.41) is 1.62. The lowest BCUT2D eigenvalue weighted by molar-refractivity contribution is 0.357. The number of rotatable bonds is 4. The molecule has 3 rings (SSSR count). The third-order valence-electron chi connectivity index (χ3n) is 4.03. The van der Waals surface area contributed by atoms with Crippen molar-refractivity contribution in [2.75, 3.05) is 0 Å². The molecule has 1 nitrogen and oxygen atoms in total. The third kappa shape index (κ3) is 2.55. The van der Waals surface area contributed by atoms with Crippen molar-refractivity contribution >= 4 is 14.7 Å². The molecule has 0 amide bonds. The molecule has 1 saturated heterocycles. The van der Waals surface area contributed by atoms with Crippen LogP contribution in [0.25, 0.3) is 0 Å². The van der Waals surface area contributed by atoms with Crippen LogP contribution >= 0.6 is 0 Å². The van der Waals surface area contributed by atoms with E-state index >= 15 is 0 Å². The Kier molecular flexibility index (Phi) is 3.11. The van der Waals surface area contributed by atoms with E-state index in [9.17, 15) is 0 Å². The Morgan fingerprint density at radius 1 is 1.12 bits per heavy atom. The molecule has 3 atom stereocenters. The van der Waals surface area contributed by atoms with Crippen LogP contribution in [0.2, 0.25) is 6.04 Å². The molecule has 1 aliphatic heterocycles. The molecule has 86 valence electrons. The van der Waals surface area contributed by atoms with Gasteiger partial charge in [0.25, 0.3) is 0 Å². The minimum Gasteiger partial charge on any atom is -0.370 e. The Labute approximate surface area is 100 Å². The molecule has 0 N–H and O–H groups in total. The van der Waals surface area contributed by atoms with Crippen molar-refractivity contribution in [3.63, 3.8) is 0 Å². The lowest BCUT2D eigenvalue weighted by atomic mass is 9.88. The molecule has 1 aliphatic carbocycles. The smallest absolute Gasteiger partial charge is 0.0844 e. The van der Waals surface area contributed by atoms with Crippen LogP contribution < -0.4 is 5.19 Å². The Morgan fingerprint density at radius 2 is 2.00 bits per heavy atom. The molecule has 2 fully saturated rings. The van der Waals surface area contributed by atoms with Crippen molar-refractivity contribution < 1.29 is 4.74 Å². The van der Waals surface area contributed by atoms with E-state index in [4.69, 9.17) is 4.74 Å². The van der Waals surface area contributed by atoms with Crippen LogP contribution in [0.4, 0.5) is 0 Å². The highest BCUT2D eigenvalue weighted by Gasteiger charge is 2.43. The molecular weight excluding hydrogens is 212 g/mol. The Bertz CT molecular complexity index is 338. The van der Waals surface area contributed by atoms with Crippen molar-refractivity contribution in [2.45, 2.75) is 43.9 Å². The predicted octanol–water partition coefficient (Wildman–Crippen LogP) is 1.86. The van der Waals surface area contributed by atoms with E-state index < -0.39 is 0 Å². The summed E-state index contributed by atoms with van der Waals surface area (Å²) in [6, 6.07) is 12.5. The Morgan fingerprint density at radius 3 is 2.81 bits per heavy atom. The monoisotopic (exact) mass is 232 g/mol. The fourth-order valence-electron chi connectivity index (χ4n) is 2.99. The summed E-state index contributed by atoms with van der Waals surface area (Å²) in [6.07, 6.45) is 6.90. The van der Waals surface area contributed by atoms with Crippen LogP contribution in [0.5, 0.6) is 0 Å². The number of hydrogen-bond acceptors (Lipinski definition) is 1. The average Bonchev–Trinajstić information content (AvgIpc) is 3.09. The van der Waals surface area contributed by atoms with Crippen LogP contribution in [-0.2, 0) is 4.74 Å². The summed E-state index contributed by atoms with van der Waals surface area (Å²) in [5.74, 6) is 0.972. The molecule has 0 spiro atoms. The van der Waals surface area contributed by atoms with Crippen molar-refractivity contribution in [1.82, 2.24) is 0 Å². The van der Waals surface area contributed by atoms with Gasteiger partial charge in [-0.1, -0.05) is 48.0 Å². The number of fused-ring (bicyclic) bond motifs is 1. The van der Waals surface area contributed by atoms with E-state index in [0.29, 0.717) is 12.2 Å². The molecule has 0 aromatic heterocycles. The first-order valence-corrected chi connectivity index (χ1v) is 8.32. The maximum absolute atomic E-state index is 5.58. The van der Waals surface area contributed by atoms with Gasteiger partial charge in [-0.3, -0.25) is 0 Å². The van der Waals surface area contributed by atoms with Crippen molar-refractivity contribution in [3.05, 3.63) is 30.3 Å². The maximum atomic E-state index is 5.58. The van der Waals surface area contributed by atoms with Crippen LogP contribution in [0, 0.1) is 5.92 Å². The zero-order valence-electron chi connectivity index (χ0n) is 9.77. The van der Waals surface area contributed by atoms with E-state index in [-0.39, 0.29) is 9.52 Å². The molecule has 1 saturated carbocycles. The van der Waals surface area contributed by atoms with E-state index in [0.717, 1.165) is 5.92 Å². The maximum Gasteiger partial charge on any atom is 0.0844 e. The lowest BCUT2D eigenvalue weighted by Gasteiger charge is -2.18. The van der Waals surface area contributed by atoms with Crippen LogP contribution in [-0.4, -0.2) is 21.7 Å². The first-order chi connectivity index (χ1) is 7.92. The molecule has 1 aromatic carbocycles. The number of hydrogen-bond donors (Lipinski definition) is 0. The van der Waals surface area contributed by atoms with Gasteiger partial charge in [-0.05, 0) is 25.2 Å². The second-order valence-corrected chi connectivity index (χ2v) is 7.29. The fourth-order valence-corrected chi connectivity index (χ4v) is 4.78. The molecule has 2 heteroatoms. The highest BCUT2D eigenvalue weighted by molar-refractivity contribution is 6.53. The predicted molar refractivity (Wildman–Crippen MR) is 70.0 cm³/mol. The van der Waals surface area contributed by atoms with Crippen LogP contribution in [0.1, 0.15) is 25.7 Å². The Hall–Kier alpha value is -0.603. The second kappa shape index (κ2) is 4.72. The summed E-state index contributed by atoms with van der Waals surface area (Å²) < 4.78 is 5.58. The first-order valence-electron chi connectivity index (χ1n) is 6.61. The van der Waals surface area contributed by atoms with Gasteiger partial charge in [0.05, 0.1) is 21.7 Å². The highest BCUT2D eigenvalue weighted by atomic mass is 28.2. The van der Waals surface area contributed by atoms with Crippen LogP contribution in [0.3, 0.4) is 0 Å². The van der Waals surface area contributed by atoms with Crippen molar-refractivity contribution in [1.29, 1.82) is 0 Å². The molecule has 1 heterocycles. The minimum atomic E-state index is -0.000538. The summed E-state index contributed by atoms with van der Waals surface area (Å²) in [4.78, 5) is 0.